The van der Waals surface area contributed by atoms with Crippen molar-refractivity contribution < 1.29 is 14.6 Å². The van der Waals surface area contributed by atoms with Gasteiger partial charge in [-0.1, -0.05) is 23.8 Å². The van der Waals surface area contributed by atoms with Gasteiger partial charge < -0.3 is 14.6 Å². The highest BCUT2D eigenvalue weighted by molar-refractivity contribution is 6.31. The maximum atomic E-state index is 13.3. The van der Waals surface area contributed by atoms with Crippen molar-refractivity contribution in [3.8, 4) is 6.01 Å². The fourth-order valence-electron chi connectivity index (χ4n) is 4.16. The Labute approximate surface area is 196 Å². The van der Waals surface area contributed by atoms with Crippen LogP contribution in [0.2, 0.25) is 0 Å². The van der Waals surface area contributed by atoms with E-state index in [-0.39, 0.29) is 19.1 Å². The van der Waals surface area contributed by atoms with Crippen molar-refractivity contribution in [2.45, 2.75) is 25.9 Å². The minimum Gasteiger partial charge on any atom is -0.463 e. The standard InChI is InChI=1S/C22H30ClN5O5/c1-25-19-18(20(30)27(22(25)31)7-2-11-29)28(15-16-3-5-17(23)6-4-16)21(24-19)33-14-10-26-8-12-32-13-9-26/h3,5-6,16,29H,2,4,7-15H2,1H3. The molecule has 2 aliphatic rings. The van der Waals surface area contributed by atoms with Crippen molar-refractivity contribution >= 4 is 22.8 Å². The number of aryl methyl sites for hydroxylation is 1. The summed E-state index contributed by atoms with van der Waals surface area (Å²) in [6.45, 7) is 4.73. The second-order valence-electron chi connectivity index (χ2n) is 8.30. The maximum Gasteiger partial charge on any atom is 0.332 e. The molecule has 1 aliphatic carbocycles. The summed E-state index contributed by atoms with van der Waals surface area (Å²) in [6, 6.07) is 0.319. The minimum absolute atomic E-state index is 0.106. The van der Waals surface area contributed by atoms with Crippen LogP contribution in [0, 0.1) is 5.92 Å². The highest BCUT2D eigenvalue weighted by Gasteiger charge is 2.23. The molecule has 0 aromatic carbocycles. The lowest BCUT2D eigenvalue weighted by Gasteiger charge is -2.26. The third-order valence-electron chi connectivity index (χ3n) is 6.04. The maximum absolute atomic E-state index is 13.3. The quantitative estimate of drug-likeness (QED) is 0.564. The van der Waals surface area contributed by atoms with Crippen molar-refractivity contribution in [3.63, 3.8) is 0 Å². The van der Waals surface area contributed by atoms with Gasteiger partial charge >= 0.3 is 5.69 Å². The molecule has 1 fully saturated rings. The van der Waals surface area contributed by atoms with E-state index in [9.17, 15) is 14.7 Å². The van der Waals surface area contributed by atoms with Gasteiger partial charge in [-0.3, -0.25) is 23.4 Å². The van der Waals surface area contributed by atoms with Crippen LogP contribution in [0.5, 0.6) is 6.01 Å². The third kappa shape index (κ3) is 5.24. The van der Waals surface area contributed by atoms with Crippen LogP contribution in [0.15, 0.2) is 32.8 Å². The van der Waals surface area contributed by atoms with Crippen LogP contribution in [0.4, 0.5) is 0 Å². The zero-order valence-corrected chi connectivity index (χ0v) is 19.5. The molecule has 0 spiro atoms. The van der Waals surface area contributed by atoms with Crippen LogP contribution in [-0.2, 0) is 24.9 Å². The number of ether oxygens (including phenoxy) is 2. The van der Waals surface area contributed by atoms with E-state index in [0.717, 1.165) is 24.1 Å². The van der Waals surface area contributed by atoms with Crippen molar-refractivity contribution in [3.05, 3.63) is 44.1 Å². The molecular formula is C22H30ClN5O5. The molecular weight excluding hydrogens is 450 g/mol. The first-order chi connectivity index (χ1) is 16.0. The molecule has 180 valence electrons. The van der Waals surface area contributed by atoms with Gasteiger partial charge in [0.2, 0.25) is 0 Å². The van der Waals surface area contributed by atoms with Gasteiger partial charge in [-0.25, -0.2) is 4.79 Å². The Morgan fingerprint density at radius 2 is 2.03 bits per heavy atom. The Bertz CT molecular complexity index is 1160. The Kier molecular flexibility index (Phi) is 7.69. The molecule has 10 nitrogen and oxygen atoms in total. The van der Waals surface area contributed by atoms with Crippen molar-refractivity contribution in [2.24, 2.45) is 13.0 Å². The lowest BCUT2D eigenvalue weighted by Crippen LogP contribution is -2.40. The van der Waals surface area contributed by atoms with E-state index in [0.29, 0.717) is 61.5 Å². The van der Waals surface area contributed by atoms with Gasteiger partial charge in [0.25, 0.3) is 11.6 Å². The van der Waals surface area contributed by atoms with Crippen LogP contribution in [0.3, 0.4) is 0 Å². The Hall–Kier alpha value is -2.40. The lowest BCUT2D eigenvalue weighted by atomic mass is 10.0. The molecule has 0 radical (unpaired) electrons. The predicted molar refractivity (Wildman–Crippen MR) is 125 cm³/mol. The van der Waals surface area contributed by atoms with Crippen LogP contribution >= 0.6 is 11.6 Å². The first kappa shape index (κ1) is 23.7. The molecule has 2 aromatic rings. The summed E-state index contributed by atoms with van der Waals surface area (Å²) in [5.41, 5.74) is -0.270. The summed E-state index contributed by atoms with van der Waals surface area (Å²) in [7, 11) is 1.59. The molecule has 0 amide bonds. The van der Waals surface area contributed by atoms with E-state index in [1.165, 1.54) is 4.57 Å². The molecule has 1 atom stereocenters. The number of aliphatic hydroxyl groups excluding tert-OH is 1. The summed E-state index contributed by atoms with van der Waals surface area (Å²) in [5, 5.41) is 9.89. The zero-order chi connectivity index (χ0) is 23.4. The van der Waals surface area contributed by atoms with E-state index >= 15 is 0 Å². The van der Waals surface area contributed by atoms with Gasteiger partial charge in [0.1, 0.15) is 6.61 Å². The van der Waals surface area contributed by atoms with Crippen molar-refractivity contribution in [2.75, 3.05) is 46.1 Å². The smallest absolute Gasteiger partial charge is 0.332 e. The SMILES string of the molecule is Cn1c(=O)n(CCCO)c(=O)c2c1nc(OCCN1CCOCC1)n2CC1C=CC(Cl)=CC1. The molecule has 33 heavy (non-hydrogen) atoms. The third-order valence-corrected chi connectivity index (χ3v) is 6.32. The number of rotatable bonds is 9. The number of halogens is 1. The largest absolute Gasteiger partial charge is 0.463 e. The molecule has 1 N–H and O–H groups in total. The highest BCUT2D eigenvalue weighted by atomic mass is 35.5. The van der Waals surface area contributed by atoms with Gasteiger partial charge in [0.05, 0.1) is 13.2 Å². The van der Waals surface area contributed by atoms with Gasteiger partial charge in [-0.2, -0.15) is 4.98 Å². The van der Waals surface area contributed by atoms with E-state index in [1.54, 1.807) is 11.6 Å². The molecule has 0 bridgehead atoms. The average Bonchev–Trinajstić information content (AvgIpc) is 3.18. The van der Waals surface area contributed by atoms with Crippen LogP contribution < -0.4 is 16.0 Å². The van der Waals surface area contributed by atoms with E-state index in [1.807, 2.05) is 18.2 Å². The average molecular weight is 480 g/mol. The fraction of sp³-hybridized carbons (Fsp3) is 0.591. The number of morpholine rings is 1. The molecule has 4 rings (SSSR count). The second-order valence-corrected chi connectivity index (χ2v) is 8.74. The summed E-state index contributed by atoms with van der Waals surface area (Å²) in [4.78, 5) is 32.9. The summed E-state index contributed by atoms with van der Waals surface area (Å²) >= 11 is 6.07. The first-order valence-corrected chi connectivity index (χ1v) is 11.6. The number of aromatic nitrogens is 4. The van der Waals surface area contributed by atoms with Gasteiger partial charge in [0, 0.05) is 51.4 Å². The monoisotopic (exact) mass is 479 g/mol. The molecule has 2 aromatic heterocycles. The van der Waals surface area contributed by atoms with Gasteiger partial charge in [-0.05, 0) is 24.8 Å². The topological polar surface area (TPSA) is 104 Å². The number of fused-ring (bicyclic) bond motifs is 1. The van der Waals surface area contributed by atoms with Gasteiger partial charge in [-0.15, -0.1) is 0 Å². The zero-order valence-electron chi connectivity index (χ0n) is 18.8. The number of imidazole rings is 1. The van der Waals surface area contributed by atoms with Crippen LogP contribution in [0.25, 0.3) is 11.2 Å². The van der Waals surface area contributed by atoms with E-state index < -0.39 is 11.2 Å². The molecule has 1 aliphatic heterocycles. The fourth-order valence-corrected chi connectivity index (χ4v) is 4.32. The Balaban J connectivity index is 1.69. The number of nitrogens with zero attached hydrogens (tertiary/aromatic N) is 5. The van der Waals surface area contributed by atoms with E-state index in [2.05, 4.69) is 9.88 Å². The Morgan fingerprint density at radius 1 is 1.24 bits per heavy atom. The van der Waals surface area contributed by atoms with Crippen molar-refractivity contribution in [1.82, 2.24) is 23.6 Å². The number of hydrogen-bond donors (Lipinski definition) is 1. The summed E-state index contributed by atoms with van der Waals surface area (Å²) in [5.74, 6) is 0.106. The second kappa shape index (κ2) is 10.7. The summed E-state index contributed by atoms with van der Waals surface area (Å²) < 4.78 is 15.7. The number of hydrogen-bond acceptors (Lipinski definition) is 7. The van der Waals surface area contributed by atoms with Crippen LogP contribution in [0.1, 0.15) is 12.8 Å². The molecule has 1 saturated heterocycles. The van der Waals surface area contributed by atoms with Gasteiger partial charge in [0.15, 0.2) is 11.2 Å². The predicted octanol–water partition coefficient (Wildman–Crippen LogP) is 0.689. The molecule has 11 heteroatoms. The molecule has 1 unspecified atom stereocenters. The van der Waals surface area contributed by atoms with E-state index in [4.69, 9.17) is 21.1 Å². The normalized spacial score (nSPS) is 19.2. The lowest BCUT2D eigenvalue weighted by molar-refractivity contribution is 0.0315. The minimum atomic E-state index is -0.460. The summed E-state index contributed by atoms with van der Waals surface area (Å²) in [6.07, 6.45) is 6.85. The number of allylic oxidation sites excluding steroid dienone is 4. The molecule has 3 heterocycles. The first-order valence-electron chi connectivity index (χ1n) is 11.3. The number of aliphatic hydroxyl groups is 1. The molecule has 0 saturated carbocycles. The highest BCUT2D eigenvalue weighted by Crippen LogP contribution is 2.25. The Morgan fingerprint density at radius 3 is 2.73 bits per heavy atom. The van der Waals surface area contributed by atoms with Crippen molar-refractivity contribution in [1.29, 1.82) is 0 Å². The van der Waals surface area contributed by atoms with Crippen LogP contribution in [-0.4, -0.2) is 74.8 Å².